The van der Waals surface area contributed by atoms with Gasteiger partial charge in [0.25, 0.3) is 0 Å². The summed E-state index contributed by atoms with van der Waals surface area (Å²) >= 11 is 0. The molecule has 1 amide bonds. The molecule has 174 valence electrons. The van der Waals surface area contributed by atoms with Crippen LogP contribution in [0.2, 0.25) is 0 Å². The van der Waals surface area contributed by atoms with E-state index >= 15 is 0 Å². The standard InChI is InChI=1S/C24H31NO7/c1-13(26)25(4)17-10-16(21(28)30-5)23(2)8-6-15-22(29)32-18(14-7-9-31-12-14)11-24(15,3)20(23)19(17)27/h7,9,12,15-18,20H,6,8,10-11H2,1-5H3/t15-,16-,17-,18-,20?,23-,24-/m0/s1. The van der Waals surface area contributed by atoms with Crippen LogP contribution in [-0.4, -0.2) is 48.7 Å². The number of rotatable bonds is 3. The molecule has 2 heterocycles. The van der Waals surface area contributed by atoms with Gasteiger partial charge in [-0.1, -0.05) is 13.8 Å². The molecule has 1 saturated heterocycles. The van der Waals surface area contributed by atoms with E-state index in [0.717, 1.165) is 5.56 Å². The van der Waals surface area contributed by atoms with Crippen molar-refractivity contribution in [3.05, 3.63) is 24.2 Å². The van der Waals surface area contributed by atoms with Gasteiger partial charge in [0, 0.05) is 25.5 Å². The molecule has 0 spiro atoms. The first kappa shape index (κ1) is 22.6. The van der Waals surface area contributed by atoms with Gasteiger partial charge < -0.3 is 18.8 Å². The van der Waals surface area contributed by atoms with E-state index in [0.29, 0.717) is 19.3 Å². The number of furan rings is 1. The van der Waals surface area contributed by atoms with Crippen LogP contribution < -0.4 is 0 Å². The molecule has 8 nitrogen and oxygen atoms in total. The Morgan fingerprint density at radius 1 is 1.22 bits per heavy atom. The molecule has 4 rings (SSSR count). The van der Waals surface area contributed by atoms with Gasteiger partial charge in [-0.05, 0) is 42.6 Å². The number of Topliss-reactive ketones (excluding diaryl/α,β-unsaturated/α-hetero) is 1. The molecule has 3 aliphatic rings. The summed E-state index contributed by atoms with van der Waals surface area (Å²) in [6, 6.07) is 1.02. The van der Waals surface area contributed by atoms with Gasteiger partial charge in [0.2, 0.25) is 5.91 Å². The number of ether oxygens (including phenoxy) is 2. The molecule has 2 saturated carbocycles. The smallest absolute Gasteiger partial charge is 0.310 e. The summed E-state index contributed by atoms with van der Waals surface area (Å²) in [6.45, 7) is 5.34. The molecular weight excluding hydrogens is 414 g/mol. The van der Waals surface area contributed by atoms with Crippen LogP contribution in [0.3, 0.4) is 0 Å². The van der Waals surface area contributed by atoms with Gasteiger partial charge in [-0.25, -0.2) is 0 Å². The Kier molecular flexibility index (Phi) is 5.46. The second-order valence-electron chi connectivity index (χ2n) is 10.1. The van der Waals surface area contributed by atoms with Gasteiger partial charge in [-0.15, -0.1) is 0 Å². The SMILES string of the molecule is COC(=O)[C@@H]1C[C@H](N(C)C(C)=O)C(=O)C2[C@@]1(C)CC[C@H]1C(=O)O[C@H](c3ccoc3)C[C@]21C. The predicted molar refractivity (Wildman–Crippen MR) is 112 cm³/mol. The van der Waals surface area contributed by atoms with Crippen molar-refractivity contribution >= 4 is 23.6 Å². The minimum atomic E-state index is -0.740. The van der Waals surface area contributed by atoms with Crippen molar-refractivity contribution in [3.63, 3.8) is 0 Å². The highest BCUT2D eigenvalue weighted by atomic mass is 16.5. The zero-order chi connectivity index (χ0) is 23.4. The number of hydrogen-bond donors (Lipinski definition) is 0. The normalized spacial score (nSPS) is 38.8. The van der Waals surface area contributed by atoms with Crippen LogP contribution in [0.25, 0.3) is 0 Å². The number of amides is 1. The van der Waals surface area contributed by atoms with E-state index in [-0.39, 0.29) is 30.0 Å². The first-order chi connectivity index (χ1) is 15.0. The minimum Gasteiger partial charge on any atom is -0.472 e. The summed E-state index contributed by atoms with van der Waals surface area (Å²) in [7, 11) is 2.94. The number of carbonyl (C=O) groups is 4. The molecule has 7 atom stereocenters. The number of fused-ring (bicyclic) bond motifs is 3. The number of hydrogen-bond acceptors (Lipinski definition) is 7. The summed E-state index contributed by atoms with van der Waals surface area (Å²) in [5, 5.41) is 0. The van der Waals surface area contributed by atoms with Gasteiger partial charge in [-0.2, -0.15) is 0 Å². The fourth-order valence-electron chi connectivity index (χ4n) is 6.74. The van der Waals surface area contributed by atoms with Crippen LogP contribution in [0.5, 0.6) is 0 Å². The number of ketones is 1. The van der Waals surface area contributed by atoms with Crippen molar-refractivity contribution < 1.29 is 33.1 Å². The quantitative estimate of drug-likeness (QED) is 0.659. The Morgan fingerprint density at radius 2 is 1.94 bits per heavy atom. The maximum Gasteiger partial charge on any atom is 0.310 e. The molecular formula is C24H31NO7. The predicted octanol–water partition coefficient (Wildman–Crippen LogP) is 2.92. The Labute approximate surface area is 187 Å². The number of cyclic esters (lactones) is 1. The maximum atomic E-state index is 14.0. The van der Waals surface area contributed by atoms with Crippen LogP contribution in [0, 0.1) is 28.6 Å². The van der Waals surface area contributed by atoms with Crippen LogP contribution in [-0.2, 0) is 28.7 Å². The Hall–Kier alpha value is -2.64. The average Bonchev–Trinajstić information content (AvgIpc) is 3.26. The van der Waals surface area contributed by atoms with Crippen molar-refractivity contribution in [2.75, 3.05) is 14.2 Å². The summed E-state index contributed by atoms with van der Waals surface area (Å²) < 4.78 is 16.1. The summed E-state index contributed by atoms with van der Waals surface area (Å²) in [4.78, 5) is 53.6. The third-order valence-electron chi connectivity index (χ3n) is 8.49. The van der Waals surface area contributed by atoms with Crippen molar-refractivity contribution in [3.8, 4) is 0 Å². The minimum absolute atomic E-state index is 0.0850. The van der Waals surface area contributed by atoms with Crippen LogP contribution in [0.1, 0.15) is 58.1 Å². The van der Waals surface area contributed by atoms with Crippen LogP contribution in [0.15, 0.2) is 23.0 Å². The molecule has 32 heavy (non-hydrogen) atoms. The fraction of sp³-hybridized carbons (Fsp3) is 0.667. The van der Waals surface area contributed by atoms with E-state index in [4.69, 9.17) is 13.9 Å². The van der Waals surface area contributed by atoms with Crippen molar-refractivity contribution in [1.82, 2.24) is 4.90 Å². The monoisotopic (exact) mass is 445 g/mol. The molecule has 8 heteroatoms. The van der Waals surface area contributed by atoms with E-state index < -0.39 is 40.7 Å². The molecule has 0 N–H and O–H groups in total. The van der Waals surface area contributed by atoms with Gasteiger partial charge in [0.05, 0.1) is 37.5 Å². The topological polar surface area (TPSA) is 103 Å². The van der Waals surface area contributed by atoms with E-state index in [1.54, 1.807) is 19.4 Å². The highest BCUT2D eigenvalue weighted by Gasteiger charge is 2.67. The molecule has 3 fully saturated rings. The Balaban J connectivity index is 1.82. The third kappa shape index (κ3) is 3.18. The molecule has 1 aromatic rings. The van der Waals surface area contributed by atoms with Gasteiger partial charge in [0.15, 0.2) is 5.78 Å². The van der Waals surface area contributed by atoms with E-state index in [1.165, 1.54) is 25.2 Å². The highest BCUT2D eigenvalue weighted by molar-refractivity contribution is 5.95. The van der Waals surface area contributed by atoms with Gasteiger partial charge >= 0.3 is 11.9 Å². The largest absolute Gasteiger partial charge is 0.472 e. The second kappa shape index (κ2) is 7.74. The van der Waals surface area contributed by atoms with Crippen LogP contribution >= 0.6 is 0 Å². The average molecular weight is 446 g/mol. The summed E-state index contributed by atoms with van der Waals surface area (Å²) in [5.41, 5.74) is -0.665. The lowest BCUT2D eigenvalue weighted by atomic mass is 9.42. The summed E-state index contributed by atoms with van der Waals surface area (Å²) in [5.74, 6) is -2.63. The van der Waals surface area contributed by atoms with Crippen molar-refractivity contribution in [2.24, 2.45) is 28.6 Å². The van der Waals surface area contributed by atoms with E-state index in [1.807, 2.05) is 13.8 Å². The first-order valence-electron chi connectivity index (χ1n) is 11.1. The Bertz CT molecular complexity index is 940. The Morgan fingerprint density at radius 3 is 2.53 bits per heavy atom. The third-order valence-corrected chi connectivity index (χ3v) is 8.49. The van der Waals surface area contributed by atoms with Crippen molar-refractivity contribution in [1.29, 1.82) is 0 Å². The lowest BCUT2D eigenvalue weighted by molar-refractivity contribution is -0.206. The molecule has 0 aromatic carbocycles. The maximum absolute atomic E-state index is 14.0. The van der Waals surface area contributed by atoms with Crippen LogP contribution in [0.4, 0.5) is 0 Å². The van der Waals surface area contributed by atoms with E-state index in [9.17, 15) is 19.2 Å². The first-order valence-corrected chi connectivity index (χ1v) is 11.1. The molecule has 0 radical (unpaired) electrons. The van der Waals surface area contributed by atoms with E-state index in [2.05, 4.69) is 0 Å². The highest BCUT2D eigenvalue weighted by Crippen LogP contribution is 2.65. The molecule has 1 unspecified atom stereocenters. The number of nitrogens with zero attached hydrogens (tertiary/aromatic N) is 1. The number of esters is 2. The number of likely N-dealkylation sites (N-methyl/N-ethyl adjacent to an activating group) is 1. The van der Waals surface area contributed by atoms with Gasteiger partial charge in [0.1, 0.15) is 6.10 Å². The number of methoxy groups -OCH3 is 1. The van der Waals surface area contributed by atoms with Crippen molar-refractivity contribution in [2.45, 2.75) is 58.6 Å². The summed E-state index contributed by atoms with van der Waals surface area (Å²) in [6.07, 6.45) is 4.29. The zero-order valence-electron chi connectivity index (χ0n) is 19.3. The lowest BCUT2D eigenvalue weighted by Gasteiger charge is -2.61. The molecule has 1 aliphatic heterocycles. The fourth-order valence-corrected chi connectivity index (χ4v) is 6.74. The lowest BCUT2D eigenvalue weighted by Crippen LogP contribution is -2.66. The zero-order valence-corrected chi connectivity index (χ0v) is 19.3. The molecule has 1 aromatic heterocycles. The van der Waals surface area contributed by atoms with Gasteiger partial charge in [-0.3, -0.25) is 19.2 Å². The molecule has 2 aliphatic carbocycles. The second-order valence-corrected chi connectivity index (χ2v) is 10.1. The number of carbonyl (C=O) groups excluding carboxylic acids is 4. The molecule has 0 bridgehead atoms.